The summed E-state index contributed by atoms with van der Waals surface area (Å²) in [5.41, 5.74) is 0.641. The number of carbonyl (C=O) groups is 1. The van der Waals surface area contributed by atoms with Crippen LogP contribution in [0.25, 0.3) is 0 Å². The molecule has 0 spiro atoms. The molecule has 4 saturated heterocycles. The molecule has 1 aromatic carbocycles. The normalized spacial score (nSPS) is 24.5. The van der Waals surface area contributed by atoms with Gasteiger partial charge in [-0.15, -0.1) is 10.2 Å². The van der Waals surface area contributed by atoms with Gasteiger partial charge in [-0.1, -0.05) is 30.3 Å². The number of rotatable bonds is 6. The Morgan fingerprint density at radius 3 is 2.03 bits per heavy atom. The third-order valence-corrected chi connectivity index (χ3v) is 8.79. The van der Waals surface area contributed by atoms with Crippen molar-refractivity contribution >= 4 is 17.5 Å². The Bertz CT molecular complexity index is 1040. The molecule has 0 N–H and O–H groups in total. The van der Waals surface area contributed by atoms with Crippen molar-refractivity contribution in [1.29, 1.82) is 0 Å². The van der Waals surface area contributed by atoms with E-state index in [9.17, 15) is 4.79 Å². The van der Waals surface area contributed by atoms with Crippen LogP contribution in [0.4, 0.5) is 11.6 Å². The van der Waals surface area contributed by atoms with Crippen LogP contribution in [0, 0.1) is 0 Å². The van der Waals surface area contributed by atoms with Crippen LogP contribution in [0.15, 0.2) is 42.5 Å². The van der Waals surface area contributed by atoms with Gasteiger partial charge in [-0.2, -0.15) is 0 Å². The van der Waals surface area contributed by atoms with Gasteiger partial charge < -0.3 is 24.2 Å². The number of piperazine rings is 2. The number of aromatic nitrogens is 2. The number of carbonyl (C=O) groups excluding carboxylic acids is 1. The molecule has 5 heterocycles. The number of benzene rings is 1. The van der Waals surface area contributed by atoms with Gasteiger partial charge in [0.05, 0.1) is 11.5 Å². The fourth-order valence-corrected chi connectivity index (χ4v) is 6.44. The second-order valence-electron chi connectivity index (χ2n) is 11.0. The minimum absolute atomic E-state index is 0.242. The molecule has 9 nitrogen and oxygen atoms in total. The van der Waals surface area contributed by atoms with E-state index in [-0.39, 0.29) is 5.91 Å². The third kappa shape index (κ3) is 5.37. The quantitative estimate of drug-likeness (QED) is 0.574. The number of ether oxygens (including phenoxy) is 2. The largest absolute Gasteiger partial charge is 0.381 e. The molecule has 4 aliphatic rings. The summed E-state index contributed by atoms with van der Waals surface area (Å²) in [6.07, 6.45) is 4.29. The number of amides is 1. The standard InChI is InChI=1S/C29H40N6O3/c36-28(29(10-21-37-22-11-29)24-5-2-1-3-6-24)35-18-16-34(17-19-35)27-9-8-26(30-31-27)33-14-12-32(13-15-33)23-25-7-4-20-38-25/h1-3,5-6,8-9,25H,4,7,10-23H2. The zero-order valence-electron chi connectivity index (χ0n) is 22.3. The van der Waals surface area contributed by atoms with Crippen molar-refractivity contribution in [2.24, 2.45) is 0 Å². The molecule has 6 rings (SSSR count). The molecule has 4 aliphatic heterocycles. The Balaban J connectivity index is 1.03. The molecule has 9 heteroatoms. The van der Waals surface area contributed by atoms with Crippen molar-refractivity contribution in [2.45, 2.75) is 37.2 Å². The lowest BCUT2D eigenvalue weighted by atomic mass is 9.73. The van der Waals surface area contributed by atoms with Gasteiger partial charge in [0.25, 0.3) is 0 Å². The van der Waals surface area contributed by atoms with Gasteiger partial charge in [-0.05, 0) is 43.4 Å². The lowest BCUT2D eigenvalue weighted by molar-refractivity contribution is -0.141. The SMILES string of the molecule is O=C(N1CCN(c2ccc(N3CCN(CC4CCCO4)CC3)nn2)CC1)C1(c2ccccc2)CCOCC1. The van der Waals surface area contributed by atoms with Crippen LogP contribution in [0.5, 0.6) is 0 Å². The maximum atomic E-state index is 13.9. The lowest BCUT2D eigenvalue weighted by Crippen LogP contribution is -2.56. The van der Waals surface area contributed by atoms with E-state index in [0.717, 1.165) is 82.5 Å². The average molecular weight is 521 g/mol. The first-order valence-electron chi connectivity index (χ1n) is 14.3. The molecule has 204 valence electrons. The van der Waals surface area contributed by atoms with Crippen LogP contribution in [-0.4, -0.2) is 111 Å². The highest BCUT2D eigenvalue weighted by atomic mass is 16.5. The molecule has 0 radical (unpaired) electrons. The molecule has 1 amide bonds. The van der Waals surface area contributed by atoms with Gasteiger partial charge in [-0.3, -0.25) is 9.69 Å². The molecule has 2 aromatic rings. The van der Waals surface area contributed by atoms with Crippen molar-refractivity contribution in [3.8, 4) is 0 Å². The van der Waals surface area contributed by atoms with E-state index in [4.69, 9.17) is 9.47 Å². The van der Waals surface area contributed by atoms with Gasteiger partial charge in [0.2, 0.25) is 5.91 Å². The summed E-state index contributed by atoms with van der Waals surface area (Å²) in [6.45, 7) is 10.2. The number of hydrogen-bond acceptors (Lipinski definition) is 8. The van der Waals surface area contributed by atoms with E-state index in [2.05, 4.69) is 49.2 Å². The minimum atomic E-state index is -0.475. The molecule has 0 bridgehead atoms. The van der Waals surface area contributed by atoms with E-state index < -0.39 is 5.41 Å². The van der Waals surface area contributed by atoms with Crippen molar-refractivity contribution in [3.63, 3.8) is 0 Å². The van der Waals surface area contributed by atoms with Crippen LogP contribution >= 0.6 is 0 Å². The highest BCUT2D eigenvalue weighted by Crippen LogP contribution is 2.37. The summed E-state index contributed by atoms with van der Waals surface area (Å²) < 4.78 is 11.4. The zero-order chi connectivity index (χ0) is 25.8. The van der Waals surface area contributed by atoms with E-state index in [1.54, 1.807) is 0 Å². The second kappa shape index (κ2) is 11.6. The van der Waals surface area contributed by atoms with Crippen LogP contribution in [-0.2, 0) is 19.7 Å². The molecule has 38 heavy (non-hydrogen) atoms. The van der Waals surface area contributed by atoms with Crippen molar-refractivity contribution in [1.82, 2.24) is 20.0 Å². The number of anilines is 2. The predicted octanol–water partition coefficient (Wildman–Crippen LogP) is 2.17. The lowest BCUT2D eigenvalue weighted by Gasteiger charge is -2.43. The summed E-state index contributed by atoms with van der Waals surface area (Å²) >= 11 is 0. The summed E-state index contributed by atoms with van der Waals surface area (Å²) in [4.78, 5) is 23.0. The highest BCUT2D eigenvalue weighted by molar-refractivity contribution is 5.88. The highest BCUT2D eigenvalue weighted by Gasteiger charge is 2.44. The molecular formula is C29H40N6O3. The molecule has 1 aromatic heterocycles. The fourth-order valence-electron chi connectivity index (χ4n) is 6.44. The van der Waals surface area contributed by atoms with Crippen molar-refractivity contribution in [2.75, 3.05) is 88.5 Å². The molecule has 4 fully saturated rings. The first-order valence-corrected chi connectivity index (χ1v) is 14.3. The van der Waals surface area contributed by atoms with Gasteiger partial charge in [0.15, 0.2) is 11.6 Å². The molecule has 1 atom stereocenters. The van der Waals surface area contributed by atoms with Gasteiger partial charge in [0.1, 0.15) is 0 Å². The van der Waals surface area contributed by atoms with E-state index >= 15 is 0 Å². The van der Waals surface area contributed by atoms with E-state index in [1.165, 1.54) is 12.8 Å². The predicted molar refractivity (Wildman–Crippen MR) is 147 cm³/mol. The third-order valence-electron chi connectivity index (χ3n) is 8.79. The van der Waals surface area contributed by atoms with Crippen molar-refractivity contribution in [3.05, 3.63) is 48.0 Å². The molecular weight excluding hydrogens is 480 g/mol. The molecule has 0 aliphatic carbocycles. The first kappa shape index (κ1) is 25.5. The second-order valence-corrected chi connectivity index (χ2v) is 11.0. The van der Waals surface area contributed by atoms with Gasteiger partial charge in [-0.25, -0.2) is 0 Å². The Morgan fingerprint density at radius 1 is 0.816 bits per heavy atom. The topological polar surface area (TPSA) is 74.3 Å². The first-order chi connectivity index (χ1) is 18.7. The summed E-state index contributed by atoms with van der Waals surface area (Å²) in [5, 5.41) is 9.16. The van der Waals surface area contributed by atoms with Crippen LogP contribution < -0.4 is 9.80 Å². The average Bonchev–Trinajstić information content (AvgIpc) is 3.51. The minimum Gasteiger partial charge on any atom is -0.381 e. The maximum absolute atomic E-state index is 13.9. The monoisotopic (exact) mass is 520 g/mol. The van der Waals surface area contributed by atoms with Gasteiger partial charge >= 0.3 is 0 Å². The molecule has 1 unspecified atom stereocenters. The fraction of sp³-hybridized carbons (Fsp3) is 0.621. The molecule has 0 saturated carbocycles. The van der Waals surface area contributed by atoms with E-state index in [0.29, 0.717) is 32.4 Å². The number of hydrogen-bond donors (Lipinski definition) is 0. The van der Waals surface area contributed by atoms with E-state index in [1.807, 2.05) is 23.1 Å². The van der Waals surface area contributed by atoms with Crippen molar-refractivity contribution < 1.29 is 14.3 Å². The Labute approximate surface area is 225 Å². The maximum Gasteiger partial charge on any atom is 0.233 e. The van der Waals surface area contributed by atoms with Crippen LogP contribution in [0.2, 0.25) is 0 Å². The Hall–Kier alpha value is -2.75. The van der Waals surface area contributed by atoms with Gasteiger partial charge in [0, 0.05) is 78.7 Å². The Kier molecular flexibility index (Phi) is 7.76. The summed E-state index contributed by atoms with van der Waals surface area (Å²) in [7, 11) is 0. The van der Waals surface area contributed by atoms with Crippen LogP contribution in [0.3, 0.4) is 0 Å². The summed E-state index contributed by atoms with van der Waals surface area (Å²) in [5.74, 6) is 2.08. The summed E-state index contributed by atoms with van der Waals surface area (Å²) in [6, 6.07) is 14.5. The Morgan fingerprint density at radius 2 is 1.45 bits per heavy atom. The van der Waals surface area contributed by atoms with Crippen LogP contribution in [0.1, 0.15) is 31.2 Å². The zero-order valence-corrected chi connectivity index (χ0v) is 22.3. The smallest absolute Gasteiger partial charge is 0.233 e. The number of nitrogens with zero attached hydrogens (tertiary/aromatic N) is 6.